The second kappa shape index (κ2) is 7.11. The molecule has 4 nitrogen and oxygen atoms in total. The topological polar surface area (TPSA) is 30.3 Å². The largest absolute Gasteiger partial charge is 0.477 e. The van der Waals surface area contributed by atoms with Crippen molar-refractivity contribution in [3.8, 4) is 5.88 Å². The number of rotatable bonds is 6. The maximum atomic E-state index is 5.80. The number of fused-ring (bicyclic) bond motifs is 1. The smallest absolute Gasteiger partial charge is 0.232 e. The van der Waals surface area contributed by atoms with Crippen LogP contribution in [0.4, 0.5) is 0 Å². The van der Waals surface area contributed by atoms with Crippen LogP contribution in [0.15, 0.2) is 6.07 Å². The Labute approximate surface area is 122 Å². The van der Waals surface area contributed by atoms with E-state index in [9.17, 15) is 0 Å². The SMILES string of the molecule is c1c(OCCCCN2CCCCC2)nn2c1CCCC2. The highest BCUT2D eigenvalue weighted by molar-refractivity contribution is 5.16. The van der Waals surface area contributed by atoms with Gasteiger partial charge >= 0.3 is 0 Å². The Morgan fingerprint density at radius 2 is 1.85 bits per heavy atom. The van der Waals surface area contributed by atoms with Crippen LogP contribution in [0.2, 0.25) is 0 Å². The molecule has 0 N–H and O–H groups in total. The van der Waals surface area contributed by atoms with Gasteiger partial charge in [0.25, 0.3) is 0 Å². The molecular weight excluding hydrogens is 250 g/mol. The molecule has 0 aliphatic carbocycles. The van der Waals surface area contributed by atoms with Gasteiger partial charge in [0.15, 0.2) is 0 Å². The Balaban J connectivity index is 1.32. The molecule has 20 heavy (non-hydrogen) atoms. The van der Waals surface area contributed by atoms with Crippen LogP contribution in [-0.2, 0) is 13.0 Å². The first-order chi connectivity index (χ1) is 9.92. The zero-order chi connectivity index (χ0) is 13.6. The van der Waals surface area contributed by atoms with E-state index in [4.69, 9.17) is 4.74 Å². The monoisotopic (exact) mass is 277 g/mol. The van der Waals surface area contributed by atoms with Crippen LogP contribution in [0.5, 0.6) is 5.88 Å². The minimum absolute atomic E-state index is 0.810. The second-order valence-electron chi connectivity index (χ2n) is 6.11. The van der Waals surface area contributed by atoms with Crippen molar-refractivity contribution in [2.75, 3.05) is 26.2 Å². The van der Waals surface area contributed by atoms with Crippen molar-refractivity contribution in [1.82, 2.24) is 14.7 Å². The molecule has 0 spiro atoms. The molecule has 3 heterocycles. The zero-order valence-electron chi connectivity index (χ0n) is 12.5. The van der Waals surface area contributed by atoms with Crippen LogP contribution in [-0.4, -0.2) is 40.9 Å². The van der Waals surface area contributed by atoms with E-state index in [0.29, 0.717) is 0 Å². The molecule has 2 aliphatic rings. The summed E-state index contributed by atoms with van der Waals surface area (Å²) in [5.41, 5.74) is 1.35. The van der Waals surface area contributed by atoms with Gasteiger partial charge in [-0.15, -0.1) is 5.10 Å². The second-order valence-corrected chi connectivity index (χ2v) is 6.11. The molecule has 0 bridgehead atoms. The highest BCUT2D eigenvalue weighted by Crippen LogP contribution is 2.19. The van der Waals surface area contributed by atoms with E-state index >= 15 is 0 Å². The average molecular weight is 277 g/mol. The highest BCUT2D eigenvalue weighted by atomic mass is 16.5. The standard InChI is InChI=1S/C16H27N3O/c1-3-9-18(10-4-1)11-6-7-13-20-16-14-15-8-2-5-12-19(15)17-16/h14H,1-13H2. The lowest BCUT2D eigenvalue weighted by Crippen LogP contribution is -2.30. The normalized spacial score (nSPS) is 19.8. The first-order valence-corrected chi connectivity index (χ1v) is 8.34. The summed E-state index contributed by atoms with van der Waals surface area (Å²) in [5, 5.41) is 4.52. The number of piperidine rings is 1. The number of nitrogens with zero attached hydrogens (tertiary/aromatic N) is 3. The molecule has 0 atom stereocenters. The summed E-state index contributed by atoms with van der Waals surface area (Å²) >= 11 is 0. The third kappa shape index (κ3) is 3.75. The van der Waals surface area contributed by atoms with E-state index in [1.54, 1.807) is 0 Å². The van der Waals surface area contributed by atoms with Crippen molar-refractivity contribution in [2.45, 2.75) is 57.9 Å². The van der Waals surface area contributed by atoms with Crippen LogP contribution in [0.1, 0.15) is 50.6 Å². The van der Waals surface area contributed by atoms with Crippen molar-refractivity contribution in [1.29, 1.82) is 0 Å². The Morgan fingerprint density at radius 3 is 2.70 bits per heavy atom. The average Bonchev–Trinajstić information content (AvgIpc) is 2.90. The number of aryl methyl sites for hydroxylation is 2. The fourth-order valence-electron chi connectivity index (χ4n) is 3.26. The van der Waals surface area contributed by atoms with Crippen molar-refractivity contribution in [3.05, 3.63) is 11.8 Å². The van der Waals surface area contributed by atoms with Gasteiger partial charge in [-0.3, -0.25) is 4.68 Å². The van der Waals surface area contributed by atoms with Crippen molar-refractivity contribution in [2.24, 2.45) is 0 Å². The van der Waals surface area contributed by atoms with Gasteiger partial charge in [0.1, 0.15) is 0 Å². The van der Waals surface area contributed by atoms with E-state index in [1.165, 1.54) is 63.9 Å². The molecule has 1 aromatic heterocycles. The zero-order valence-corrected chi connectivity index (χ0v) is 12.5. The highest BCUT2D eigenvalue weighted by Gasteiger charge is 2.13. The molecule has 3 rings (SSSR count). The predicted octanol–water partition coefficient (Wildman–Crippen LogP) is 2.86. The minimum Gasteiger partial charge on any atom is -0.477 e. The summed E-state index contributed by atoms with van der Waals surface area (Å²) in [4.78, 5) is 2.60. The molecule has 0 saturated carbocycles. The quantitative estimate of drug-likeness (QED) is 0.749. The fourth-order valence-corrected chi connectivity index (χ4v) is 3.26. The van der Waals surface area contributed by atoms with Gasteiger partial charge in [0.05, 0.1) is 6.61 Å². The molecule has 112 valence electrons. The van der Waals surface area contributed by atoms with Crippen LogP contribution in [0.25, 0.3) is 0 Å². The van der Waals surface area contributed by atoms with E-state index in [1.807, 2.05) is 0 Å². The number of hydrogen-bond acceptors (Lipinski definition) is 3. The summed E-state index contributed by atoms with van der Waals surface area (Å²) in [5.74, 6) is 0.833. The van der Waals surface area contributed by atoms with Gasteiger partial charge in [0, 0.05) is 18.3 Å². The summed E-state index contributed by atoms with van der Waals surface area (Å²) < 4.78 is 7.92. The minimum atomic E-state index is 0.810. The van der Waals surface area contributed by atoms with Crippen LogP contribution in [0, 0.1) is 0 Å². The van der Waals surface area contributed by atoms with Gasteiger partial charge in [-0.25, -0.2) is 0 Å². The van der Waals surface area contributed by atoms with Crippen molar-refractivity contribution in [3.63, 3.8) is 0 Å². The molecule has 0 unspecified atom stereocenters. The van der Waals surface area contributed by atoms with E-state index in [-0.39, 0.29) is 0 Å². The fraction of sp³-hybridized carbons (Fsp3) is 0.812. The van der Waals surface area contributed by atoms with Crippen LogP contribution < -0.4 is 4.74 Å². The molecule has 1 aromatic rings. The first-order valence-electron chi connectivity index (χ1n) is 8.34. The predicted molar refractivity (Wildman–Crippen MR) is 80.2 cm³/mol. The molecule has 1 saturated heterocycles. The summed E-state index contributed by atoms with van der Waals surface area (Å²) in [6.45, 7) is 5.71. The van der Waals surface area contributed by atoms with Gasteiger partial charge in [0.2, 0.25) is 5.88 Å². The first kappa shape index (κ1) is 13.9. The Morgan fingerprint density at radius 1 is 1.00 bits per heavy atom. The molecule has 0 radical (unpaired) electrons. The number of hydrogen-bond donors (Lipinski definition) is 0. The molecular formula is C16H27N3O. The molecule has 1 fully saturated rings. The molecule has 4 heteroatoms. The van der Waals surface area contributed by atoms with Crippen LogP contribution >= 0.6 is 0 Å². The van der Waals surface area contributed by atoms with Crippen molar-refractivity contribution >= 4 is 0 Å². The molecule has 0 aromatic carbocycles. The Hall–Kier alpha value is -1.03. The maximum absolute atomic E-state index is 5.80. The summed E-state index contributed by atoms with van der Waals surface area (Å²) in [6, 6.07) is 2.13. The molecule has 2 aliphatic heterocycles. The van der Waals surface area contributed by atoms with E-state index in [0.717, 1.165) is 31.9 Å². The lowest BCUT2D eigenvalue weighted by molar-refractivity contribution is 0.214. The number of unbranched alkanes of at least 4 members (excludes halogenated alkanes) is 1. The van der Waals surface area contributed by atoms with Gasteiger partial charge in [-0.05, 0) is 64.6 Å². The number of aromatic nitrogens is 2. The van der Waals surface area contributed by atoms with Gasteiger partial charge in [-0.2, -0.15) is 0 Å². The van der Waals surface area contributed by atoms with E-state index < -0.39 is 0 Å². The summed E-state index contributed by atoms with van der Waals surface area (Å²) in [6.07, 6.45) is 10.3. The third-order valence-corrected chi connectivity index (χ3v) is 4.46. The van der Waals surface area contributed by atoms with Crippen molar-refractivity contribution < 1.29 is 4.74 Å². The lowest BCUT2D eigenvalue weighted by atomic mass is 10.1. The van der Waals surface area contributed by atoms with Gasteiger partial charge in [-0.1, -0.05) is 6.42 Å². The maximum Gasteiger partial charge on any atom is 0.232 e. The summed E-state index contributed by atoms with van der Waals surface area (Å²) in [7, 11) is 0. The molecule has 0 amide bonds. The van der Waals surface area contributed by atoms with Gasteiger partial charge < -0.3 is 9.64 Å². The lowest BCUT2D eigenvalue weighted by Gasteiger charge is -2.26. The Bertz CT molecular complexity index is 386. The van der Waals surface area contributed by atoms with E-state index in [2.05, 4.69) is 20.7 Å². The third-order valence-electron chi connectivity index (χ3n) is 4.46. The Kier molecular flexibility index (Phi) is 4.96. The van der Waals surface area contributed by atoms with Crippen LogP contribution in [0.3, 0.4) is 0 Å². The number of ether oxygens (including phenoxy) is 1. The number of likely N-dealkylation sites (tertiary alicyclic amines) is 1.